The first kappa shape index (κ1) is 13.7. The number of aromatic nitrogens is 1. The van der Waals surface area contributed by atoms with Crippen LogP contribution in [0.4, 0.5) is 4.39 Å². The van der Waals surface area contributed by atoms with Gasteiger partial charge in [0.05, 0.1) is 5.01 Å². The molecule has 0 radical (unpaired) electrons. The lowest BCUT2D eigenvalue weighted by atomic mass is 9.98. The maximum atomic E-state index is 12.8. The van der Waals surface area contributed by atoms with Crippen LogP contribution in [0.1, 0.15) is 16.3 Å². The zero-order valence-electron chi connectivity index (χ0n) is 10.2. The van der Waals surface area contributed by atoms with Crippen LogP contribution >= 0.6 is 27.3 Å². The quantitative estimate of drug-likeness (QED) is 0.742. The molecule has 2 rings (SSSR count). The van der Waals surface area contributed by atoms with Gasteiger partial charge in [-0.25, -0.2) is 9.37 Å². The van der Waals surface area contributed by atoms with E-state index in [-0.39, 0.29) is 5.82 Å². The minimum Gasteiger partial charge on any atom is -0.247 e. The van der Waals surface area contributed by atoms with Crippen molar-refractivity contribution < 1.29 is 4.39 Å². The molecule has 0 bridgehead atoms. The fourth-order valence-electron chi connectivity index (χ4n) is 1.88. The standard InChI is InChI=1S/C14H15BrFNS/c1-10-9-18-14(17-10)7-12(8-15)6-11-2-4-13(16)5-3-11/h2-5,9,12H,6-8H2,1H3. The molecular formula is C14H15BrFNS. The van der Waals surface area contributed by atoms with E-state index in [0.29, 0.717) is 5.92 Å². The Morgan fingerprint density at radius 2 is 2.00 bits per heavy atom. The molecule has 0 amide bonds. The molecule has 0 aliphatic rings. The SMILES string of the molecule is Cc1csc(CC(CBr)Cc2ccc(F)cc2)n1. The predicted molar refractivity (Wildman–Crippen MR) is 77.9 cm³/mol. The van der Waals surface area contributed by atoms with Gasteiger partial charge < -0.3 is 0 Å². The third-order valence-corrected chi connectivity index (χ3v) is 4.69. The summed E-state index contributed by atoms with van der Waals surface area (Å²) in [5.74, 6) is 0.325. The highest BCUT2D eigenvalue weighted by atomic mass is 79.9. The zero-order chi connectivity index (χ0) is 13.0. The Hall–Kier alpha value is -0.740. The molecule has 1 unspecified atom stereocenters. The Morgan fingerprint density at radius 3 is 2.56 bits per heavy atom. The molecule has 2 aromatic rings. The smallest absolute Gasteiger partial charge is 0.123 e. The number of hydrogen-bond acceptors (Lipinski definition) is 2. The average Bonchev–Trinajstić information content (AvgIpc) is 2.77. The Kier molecular flexibility index (Phi) is 4.89. The summed E-state index contributed by atoms with van der Waals surface area (Å²) in [5.41, 5.74) is 2.26. The monoisotopic (exact) mass is 327 g/mol. The molecule has 1 aromatic heterocycles. The first-order valence-electron chi connectivity index (χ1n) is 5.89. The Balaban J connectivity index is 1.99. The summed E-state index contributed by atoms with van der Waals surface area (Å²) >= 11 is 5.27. The lowest BCUT2D eigenvalue weighted by molar-refractivity contribution is 0.585. The Bertz CT molecular complexity index is 495. The molecule has 18 heavy (non-hydrogen) atoms. The molecule has 1 aromatic carbocycles. The molecular weight excluding hydrogens is 313 g/mol. The van der Waals surface area contributed by atoms with Gasteiger partial charge in [-0.1, -0.05) is 28.1 Å². The molecule has 0 spiro atoms. The van der Waals surface area contributed by atoms with E-state index >= 15 is 0 Å². The normalized spacial score (nSPS) is 12.6. The van der Waals surface area contributed by atoms with Crippen molar-refractivity contribution in [2.45, 2.75) is 19.8 Å². The summed E-state index contributed by atoms with van der Waals surface area (Å²) in [6, 6.07) is 6.76. The molecule has 0 fully saturated rings. The first-order chi connectivity index (χ1) is 8.67. The van der Waals surface area contributed by atoms with Gasteiger partial charge in [-0.3, -0.25) is 0 Å². The van der Waals surface area contributed by atoms with Gasteiger partial charge >= 0.3 is 0 Å². The van der Waals surface area contributed by atoms with Gasteiger partial charge in [0.15, 0.2) is 0 Å². The van der Waals surface area contributed by atoms with Gasteiger partial charge in [-0.05, 0) is 37.0 Å². The van der Waals surface area contributed by atoms with E-state index in [0.717, 1.165) is 23.9 Å². The molecule has 1 nitrogen and oxygen atoms in total. The maximum Gasteiger partial charge on any atom is 0.123 e. The van der Waals surface area contributed by atoms with Crippen molar-refractivity contribution in [2.24, 2.45) is 5.92 Å². The van der Waals surface area contributed by atoms with Crippen LogP contribution in [0, 0.1) is 18.7 Å². The number of halogens is 2. The molecule has 0 aliphatic carbocycles. The number of thiazole rings is 1. The third-order valence-electron chi connectivity index (χ3n) is 2.79. The lowest BCUT2D eigenvalue weighted by Crippen LogP contribution is -2.09. The lowest BCUT2D eigenvalue weighted by Gasteiger charge is -2.12. The summed E-state index contributed by atoms with van der Waals surface area (Å²) in [7, 11) is 0. The second kappa shape index (κ2) is 6.43. The Labute approximate surface area is 119 Å². The predicted octanol–water partition coefficient (Wildman–Crippen LogP) is 4.39. The van der Waals surface area contributed by atoms with Crippen LogP contribution in [0.25, 0.3) is 0 Å². The van der Waals surface area contributed by atoms with Crippen LogP contribution in [0.2, 0.25) is 0 Å². The second-order valence-corrected chi connectivity index (χ2v) is 6.03. The Morgan fingerprint density at radius 1 is 1.28 bits per heavy atom. The summed E-state index contributed by atoms with van der Waals surface area (Å²) in [6.45, 7) is 2.02. The molecule has 0 saturated heterocycles. The van der Waals surface area contributed by atoms with Crippen LogP contribution in [-0.2, 0) is 12.8 Å². The molecule has 0 saturated carbocycles. The highest BCUT2D eigenvalue weighted by Crippen LogP contribution is 2.19. The maximum absolute atomic E-state index is 12.8. The number of aryl methyl sites for hydroxylation is 1. The van der Waals surface area contributed by atoms with Crippen LogP contribution in [0.5, 0.6) is 0 Å². The van der Waals surface area contributed by atoms with E-state index in [1.165, 1.54) is 22.7 Å². The van der Waals surface area contributed by atoms with E-state index in [1.807, 2.05) is 19.1 Å². The van der Waals surface area contributed by atoms with E-state index < -0.39 is 0 Å². The number of benzene rings is 1. The van der Waals surface area contributed by atoms with Gasteiger partial charge in [0.2, 0.25) is 0 Å². The van der Waals surface area contributed by atoms with Gasteiger partial charge in [0.25, 0.3) is 0 Å². The van der Waals surface area contributed by atoms with E-state index in [1.54, 1.807) is 11.3 Å². The highest BCUT2D eigenvalue weighted by molar-refractivity contribution is 9.09. The fraction of sp³-hybridized carbons (Fsp3) is 0.357. The largest absolute Gasteiger partial charge is 0.247 e. The number of hydrogen-bond donors (Lipinski definition) is 0. The van der Waals surface area contributed by atoms with Gasteiger partial charge in [-0.15, -0.1) is 11.3 Å². The topological polar surface area (TPSA) is 12.9 Å². The summed E-state index contributed by atoms with van der Waals surface area (Å²) in [4.78, 5) is 4.49. The van der Waals surface area contributed by atoms with Crippen molar-refractivity contribution in [1.29, 1.82) is 0 Å². The van der Waals surface area contributed by atoms with Crippen LogP contribution in [-0.4, -0.2) is 10.3 Å². The number of alkyl halides is 1. The molecule has 4 heteroatoms. The summed E-state index contributed by atoms with van der Waals surface area (Å²) in [6.07, 6.45) is 1.92. The molecule has 0 aliphatic heterocycles. The van der Waals surface area contributed by atoms with Crippen LogP contribution < -0.4 is 0 Å². The number of rotatable bonds is 5. The van der Waals surface area contributed by atoms with Gasteiger partial charge in [-0.2, -0.15) is 0 Å². The fourth-order valence-corrected chi connectivity index (χ4v) is 3.22. The van der Waals surface area contributed by atoms with E-state index in [2.05, 4.69) is 26.3 Å². The summed E-state index contributed by atoms with van der Waals surface area (Å²) in [5, 5.41) is 4.20. The van der Waals surface area contributed by atoms with Crippen LogP contribution in [0.3, 0.4) is 0 Å². The third kappa shape index (κ3) is 3.89. The van der Waals surface area contributed by atoms with Crippen molar-refractivity contribution in [3.63, 3.8) is 0 Å². The molecule has 1 heterocycles. The van der Waals surface area contributed by atoms with Crippen molar-refractivity contribution in [3.05, 3.63) is 51.7 Å². The highest BCUT2D eigenvalue weighted by Gasteiger charge is 2.11. The molecule has 96 valence electrons. The molecule has 0 N–H and O–H groups in total. The minimum absolute atomic E-state index is 0.176. The zero-order valence-corrected chi connectivity index (χ0v) is 12.6. The number of nitrogens with zero attached hydrogens (tertiary/aromatic N) is 1. The second-order valence-electron chi connectivity index (χ2n) is 4.44. The average molecular weight is 328 g/mol. The van der Waals surface area contributed by atoms with Crippen molar-refractivity contribution in [1.82, 2.24) is 4.98 Å². The molecule has 1 atom stereocenters. The first-order valence-corrected chi connectivity index (χ1v) is 7.89. The van der Waals surface area contributed by atoms with Gasteiger partial charge in [0, 0.05) is 22.8 Å². The van der Waals surface area contributed by atoms with Crippen molar-refractivity contribution in [2.75, 3.05) is 5.33 Å². The summed E-state index contributed by atoms with van der Waals surface area (Å²) < 4.78 is 12.8. The van der Waals surface area contributed by atoms with E-state index in [9.17, 15) is 4.39 Å². The van der Waals surface area contributed by atoms with Crippen molar-refractivity contribution in [3.8, 4) is 0 Å². The van der Waals surface area contributed by atoms with Gasteiger partial charge in [0.1, 0.15) is 5.82 Å². The van der Waals surface area contributed by atoms with Crippen molar-refractivity contribution >= 4 is 27.3 Å². The van der Waals surface area contributed by atoms with E-state index in [4.69, 9.17) is 0 Å². The minimum atomic E-state index is -0.176. The van der Waals surface area contributed by atoms with Crippen LogP contribution in [0.15, 0.2) is 29.6 Å².